The summed E-state index contributed by atoms with van der Waals surface area (Å²) in [5.41, 5.74) is 7.78. The number of aryl methyl sites for hydroxylation is 1. The molecule has 0 aromatic heterocycles. The molecule has 0 bridgehead atoms. The van der Waals surface area contributed by atoms with Crippen LogP contribution in [0.3, 0.4) is 0 Å². The Balaban J connectivity index is 3.44. The van der Waals surface area contributed by atoms with Gasteiger partial charge in [0.05, 0.1) is 4.92 Å². The highest BCUT2D eigenvalue weighted by molar-refractivity contribution is 5.57. The van der Waals surface area contributed by atoms with Gasteiger partial charge in [0.15, 0.2) is 0 Å². The number of anilines is 1. The predicted octanol–water partition coefficient (Wildman–Crippen LogP) is 2.61. The number of hydrogen-bond acceptors (Lipinski definition) is 3. The number of nitrogen functional groups attached to an aromatic ring is 1. The van der Waals surface area contributed by atoms with Crippen LogP contribution in [0.5, 0.6) is 0 Å². The van der Waals surface area contributed by atoms with Crippen molar-refractivity contribution < 1.29 is 4.92 Å². The molecule has 0 aliphatic rings. The second-order valence-corrected chi connectivity index (χ2v) is 3.68. The van der Waals surface area contributed by atoms with Gasteiger partial charge in [0.1, 0.15) is 0 Å². The summed E-state index contributed by atoms with van der Waals surface area (Å²) in [6.45, 7) is 5.72. The molecule has 0 fully saturated rings. The molecule has 2 N–H and O–H groups in total. The first-order valence-electron chi connectivity index (χ1n) is 4.48. The van der Waals surface area contributed by atoms with E-state index < -0.39 is 0 Å². The molecule has 0 spiro atoms. The Labute approximate surface area is 82.9 Å². The highest BCUT2D eigenvalue weighted by Crippen LogP contribution is 2.31. The number of rotatable bonds is 2. The fourth-order valence-corrected chi connectivity index (χ4v) is 1.71. The van der Waals surface area contributed by atoms with E-state index >= 15 is 0 Å². The lowest BCUT2D eigenvalue weighted by atomic mass is 9.95. The van der Waals surface area contributed by atoms with Crippen LogP contribution in [0.1, 0.15) is 30.9 Å². The summed E-state index contributed by atoms with van der Waals surface area (Å²) in [6.07, 6.45) is 0. The summed E-state index contributed by atoms with van der Waals surface area (Å²) >= 11 is 0. The summed E-state index contributed by atoms with van der Waals surface area (Å²) < 4.78 is 0. The predicted molar refractivity (Wildman–Crippen MR) is 56.3 cm³/mol. The molecule has 0 saturated heterocycles. The van der Waals surface area contributed by atoms with Gasteiger partial charge in [0.25, 0.3) is 5.69 Å². The van der Waals surface area contributed by atoms with Crippen molar-refractivity contribution in [1.29, 1.82) is 0 Å². The van der Waals surface area contributed by atoms with Gasteiger partial charge in [-0.1, -0.05) is 13.8 Å². The normalized spacial score (nSPS) is 10.6. The van der Waals surface area contributed by atoms with E-state index in [-0.39, 0.29) is 16.5 Å². The van der Waals surface area contributed by atoms with E-state index in [0.29, 0.717) is 5.69 Å². The monoisotopic (exact) mass is 194 g/mol. The Morgan fingerprint density at radius 2 is 2.00 bits per heavy atom. The Bertz CT molecular complexity index is 373. The average molecular weight is 194 g/mol. The van der Waals surface area contributed by atoms with Gasteiger partial charge in [-0.3, -0.25) is 10.1 Å². The molecule has 0 atom stereocenters. The molecule has 1 aromatic carbocycles. The lowest BCUT2D eigenvalue weighted by molar-refractivity contribution is -0.385. The maximum Gasteiger partial charge on any atom is 0.275 e. The molecular weight excluding hydrogens is 180 g/mol. The number of hydrogen-bond donors (Lipinski definition) is 1. The Morgan fingerprint density at radius 3 is 2.43 bits per heavy atom. The van der Waals surface area contributed by atoms with Gasteiger partial charge in [-0.2, -0.15) is 0 Å². The molecule has 0 radical (unpaired) electrons. The molecule has 1 aromatic rings. The molecule has 0 aliphatic carbocycles. The van der Waals surface area contributed by atoms with Crippen LogP contribution in [0, 0.1) is 17.0 Å². The fourth-order valence-electron chi connectivity index (χ4n) is 1.71. The standard InChI is InChI=1S/C10H14N2O2/c1-6(2)10-7(3)4-8(11)5-9(10)12(13)14/h4-6H,11H2,1-3H3. The molecule has 0 aliphatic heterocycles. The number of nitro benzene ring substituents is 1. The lowest BCUT2D eigenvalue weighted by Crippen LogP contribution is -2.01. The van der Waals surface area contributed by atoms with Crippen LogP contribution in [0.25, 0.3) is 0 Å². The Morgan fingerprint density at radius 1 is 1.43 bits per heavy atom. The van der Waals surface area contributed by atoms with Crippen LogP contribution in [0.4, 0.5) is 11.4 Å². The van der Waals surface area contributed by atoms with E-state index in [0.717, 1.165) is 11.1 Å². The fraction of sp³-hybridized carbons (Fsp3) is 0.400. The zero-order valence-electron chi connectivity index (χ0n) is 8.57. The van der Waals surface area contributed by atoms with Crippen LogP contribution in [0.2, 0.25) is 0 Å². The second kappa shape index (κ2) is 3.65. The highest BCUT2D eigenvalue weighted by atomic mass is 16.6. The summed E-state index contributed by atoms with van der Waals surface area (Å²) in [6, 6.07) is 3.19. The minimum atomic E-state index is -0.376. The molecular formula is C10H14N2O2. The first kappa shape index (κ1) is 10.5. The van der Waals surface area contributed by atoms with Gasteiger partial charge in [0.2, 0.25) is 0 Å². The number of nitro groups is 1. The van der Waals surface area contributed by atoms with E-state index in [9.17, 15) is 10.1 Å². The van der Waals surface area contributed by atoms with Crippen molar-refractivity contribution in [2.75, 3.05) is 5.73 Å². The van der Waals surface area contributed by atoms with E-state index in [2.05, 4.69) is 0 Å². The van der Waals surface area contributed by atoms with Crippen LogP contribution >= 0.6 is 0 Å². The summed E-state index contributed by atoms with van der Waals surface area (Å²) in [7, 11) is 0. The first-order valence-corrected chi connectivity index (χ1v) is 4.48. The third-order valence-electron chi connectivity index (χ3n) is 2.16. The Hall–Kier alpha value is -1.58. The van der Waals surface area contributed by atoms with Crippen LogP contribution in [0.15, 0.2) is 12.1 Å². The maximum absolute atomic E-state index is 10.8. The SMILES string of the molecule is Cc1cc(N)cc([N+](=O)[O-])c1C(C)C. The van der Waals surface area contributed by atoms with Crippen molar-refractivity contribution in [3.63, 3.8) is 0 Å². The van der Waals surface area contributed by atoms with Crippen molar-refractivity contribution in [2.45, 2.75) is 26.7 Å². The van der Waals surface area contributed by atoms with Crippen molar-refractivity contribution in [1.82, 2.24) is 0 Å². The van der Waals surface area contributed by atoms with E-state index in [1.54, 1.807) is 6.07 Å². The number of nitrogens with zero attached hydrogens (tertiary/aromatic N) is 1. The highest BCUT2D eigenvalue weighted by Gasteiger charge is 2.19. The molecule has 14 heavy (non-hydrogen) atoms. The maximum atomic E-state index is 10.8. The molecule has 0 saturated carbocycles. The average Bonchev–Trinajstić information content (AvgIpc) is 2.01. The van der Waals surface area contributed by atoms with Crippen molar-refractivity contribution >= 4 is 11.4 Å². The van der Waals surface area contributed by atoms with Gasteiger partial charge < -0.3 is 5.73 Å². The van der Waals surface area contributed by atoms with Crippen molar-refractivity contribution in [3.8, 4) is 0 Å². The van der Waals surface area contributed by atoms with Gasteiger partial charge >= 0.3 is 0 Å². The number of nitrogens with two attached hydrogens (primary N) is 1. The van der Waals surface area contributed by atoms with Crippen LogP contribution < -0.4 is 5.73 Å². The topological polar surface area (TPSA) is 69.2 Å². The summed E-state index contributed by atoms with van der Waals surface area (Å²) in [5.74, 6) is 0.135. The zero-order valence-corrected chi connectivity index (χ0v) is 8.57. The molecule has 76 valence electrons. The third-order valence-corrected chi connectivity index (χ3v) is 2.16. The van der Waals surface area contributed by atoms with Crippen LogP contribution in [-0.2, 0) is 0 Å². The second-order valence-electron chi connectivity index (χ2n) is 3.68. The van der Waals surface area contributed by atoms with E-state index in [4.69, 9.17) is 5.73 Å². The largest absolute Gasteiger partial charge is 0.399 e. The molecule has 0 amide bonds. The number of benzene rings is 1. The summed E-state index contributed by atoms with van der Waals surface area (Å²) in [5, 5.41) is 10.8. The van der Waals surface area contributed by atoms with Gasteiger partial charge in [-0.25, -0.2) is 0 Å². The van der Waals surface area contributed by atoms with Crippen LogP contribution in [-0.4, -0.2) is 4.92 Å². The zero-order chi connectivity index (χ0) is 10.9. The van der Waals surface area contributed by atoms with Gasteiger partial charge in [-0.15, -0.1) is 0 Å². The van der Waals surface area contributed by atoms with Gasteiger partial charge in [-0.05, 0) is 24.5 Å². The van der Waals surface area contributed by atoms with Gasteiger partial charge in [0, 0.05) is 17.3 Å². The molecule has 4 heteroatoms. The molecule has 4 nitrogen and oxygen atoms in total. The minimum absolute atomic E-state index is 0.123. The quantitative estimate of drug-likeness (QED) is 0.447. The van der Waals surface area contributed by atoms with E-state index in [1.165, 1.54) is 6.07 Å². The lowest BCUT2D eigenvalue weighted by Gasteiger charge is -2.10. The van der Waals surface area contributed by atoms with Crippen molar-refractivity contribution in [3.05, 3.63) is 33.4 Å². The smallest absolute Gasteiger partial charge is 0.275 e. The summed E-state index contributed by atoms with van der Waals surface area (Å²) in [4.78, 5) is 10.4. The van der Waals surface area contributed by atoms with Crippen molar-refractivity contribution in [2.24, 2.45) is 0 Å². The first-order chi connectivity index (χ1) is 6.43. The van der Waals surface area contributed by atoms with E-state index in [1.807, 2.05) is 20.8 Å². The third kappa shape index (κ3) is 1.84. The molecule has 0 unspecified atom stereocenters. The Kier molecular flexibility index (Phi) is 2.74. The minimum Gasteiger partial charge on any atom is -0.399 e. The molecule has 1 rings (SSSR count). The molecule has 0 heterocycles.